The second-order valence-corrected chi connectivity index (χ2v) is 11.7. The van der Waals surface area contributed by atoms with Crippen molar-refractivity contribution in [1.82, 2.24) is 14.1 Å². The summed E-state index contributed by atoms with van der Waals surface area (Å²) in [5.41, 5.74) is 6.62. The van der Waals surface area contributed by atoms with Crippen molar-refractivity contribution in [3.05, 3.63) is 95.2 Å². The lowest BCUT2D eigenvalue weighted by Crippen LogP contribution is -2.40. The Morgan fingerprint density at radius 3 is 2.56 bits per heavy atom. The van der Waals surface area contributed by atoms with Gasteiger partial charge >= 0.3 is 0 Å². The minimum absolute atomic E-state index is 0.317. The van der Waals surface area contributed by atoms with Crippen molar-refractivity contribution >= 4 is 15.7 Å². The average molecular weight is 547 g/mol. The molecular formula is C30H34N4O4S. The highest BCUT2D eigenvalue weighted by Gasteiger charge is 2.28. The maximum Gasteiger partial charge on any atom is 0.243 e. The van der Waals surface area contributed by atoms with Crippen molar-refractivity contribution in [2.75, 3.05) is 38.7 Å². The Labute approximate surface area is 230 Å². The minimum atomic E-state index is -3.61. The lowest BCUT2D eigenvalue weighted by atomic mass is 10.1. The van der Waals surface area contributed by atoms with Crippen LogP contribution in [-0.4, -0.2) is 55.9 Å². The van der Waals surface area contributed by atoms with Crippen molar-refractivity contribution < 1.29 is 17.9 Å². The van der Waals surface area contributed by atoms with Gasteiger partial charge in [0.1, 0.15) is 5.75 Å². The number of methoxy groups -OCH3 is 1. The molecule has 0 unspecified atom stereocenters. The standard InChI is InChI=1S/C30H34N4O4S/c1-22-6-4-7-24(16-22)20-33-21-26(30(32-33)25-8-5-9-28(17-25)37-3)19-31-27-11-10-23(2)29(18-27)39(35,36)34-12-14-38-15-13-34/h4-11,16-18,21,31H,12-15,19-20H2,1-3H3. The van der Waals surface area contributed by atoms with Crippen LogP contribution in [0, 0.1) is 13.8 Å². The summed E-state index contributed by atoms with van der Waals surface area (Å²) in [4.78, 5) is 0.317. The fraction of sp³-hybridized carbons (Fsp3) is 0.300. The SMILES string of the molecule is COc1cccc(-c2nn(Cc3cccc(C)c3)cc2CNc2ccc(C)c(S(=O)(=O)N3CCOCC3)c2)c1. The van der Waals surface area contributed by atoms with Crippen molar-refractivity contribution in [1.29, 1.82) is 0 Å². The number of nitrogens with one attached hydrogen (secondary N) is 1. The van der Waals surface area contributed by atoms with Gasteiger partial charge in [-0.1, -0.05) is 48.0 Å². The molecule has 8 nitrogen and oxygen atoms in total. The molecule has 0 spiro atoms. The molecule has 1 aliphatic rings. The summed E-state index contributed by atoms with van der Waals surface area (Å²) < 4.78 is 40.9. The number of hydrogen-bond acceptors (Lipinski definition) is 6. The van der Waals surface area contributed by atoms with E-state index in [9.17, 15) is 8.42 Å². The molecule has 1 aromatic heterocycles. The number of sulfonamides is 1. The first kappa shape index (κ1) is 26.9. The van der Waals surface area contributed by atoms with Crippen molar-refractivity contribution in [3.8, 4) is 17.0 Å². The molecule has 1 fully saturated rings. The van der Waals surface area contributed by atoms with Crippen molar-refractivity contribution in [2.24, 2.45) is 0 Å². The van der Waals surface area contributed by atoms with Gasteiger partial charge in [0.05, 0.1) is 37.5 Å². The molecular weight excluding hydrogens is 512 g/mol. The second-order valence-electron chi connectivity index (χ2n) is 9.77. The minimum Gasteiger partial charge on any atom is -0.497 e. The van der Waals surface area contributed by atoms with E-state index in [0.29, 0.717) is 44.3 Å². The lowest BCUT2D eigenvalue weighted by molar-refractivity contribution is 0.0730. The number of anilines is 1. The Morgan fingerprint density at radius 2 is 1.79 bits per heavy atom. The van der Waals surface area contributed by atoms with E-state index in [1.807, 2.05) is 54.2 Å². The number of aromatic nitrogens is 2. The van der Waals surface area contributed by atoms with Gasteiger partial charge in [-0.05, 0) is 49.2 Å². The van der Waals surface area contributed by atoms with Crippen LogP contribution in [0.2, 0.25) is 0 Å². The molecule has 0 atom stereocenters. The van der Waals surface area contributed by atoms with Crippen LogP contribution in [0.25, 0.3) is 11.3 Å². The van der Waals surface area contributed by atoms with Gasteiger partial charge in [0.25, 0.3) is 0 Å². The van der Waals surface area contributed by atoms with E-state index in [4.69, 9.17) is 14.6 Å². The first-order chi connectivity index (χ1) is 18.8. The van der Waals surface area contributed by atoms with E-state index in [2.05, 4.69) is 36.5 Å². The Morgan fingerprint density at radius 1 is 1.00 bits per heavy atom. The Kier molecular flexibility index (Phi) is 8.02. The molecule has 9 heteroatoms. The monoisotopic (exact) mass is 546 g/mol. The quantitative estimate of drug-likeness (QED) is 0.323. The molecule has 1 saturated heterocycles. The zero-order valence-electron chi connectivity index (χ0n) is 22.6. The highest BCUT2D eigenvalue weighted by Crippen LogP contribution is 2.28. The van der Waals surface area contributed by atoms with E-state index in [1.165, 1.54) is 15.4 Å². The Bertz CT molecular complexity index is 1560. The molecule has 2 heterocycles. The number of morpholine rings is 1. The highest BCUT2D eigenvalue weighted by molar-refractivity contribution is 7.89. The topological polar surface area (TPSA) is 85.7 Å². The molecule has 39 heavy (non-hydrogen) atoms. The molecule has 1 aliphatic heterocycles. The van der Waals surface area contributed by atoms with Crippen molar-refractivity contribution in [3.63, 3.8) is 0 Å². The van der Waals surface area contributed by atoms with Gasteiger partial charge in [-0.15, -0.1) is 0 Å². The number of rotatable bonds is 9. The van der Waals surface area contributed by atoms with Gasteiger partial charge in [-0.3, -0.25) is 4.68 Å². The van der Waals surface area contributed by atoms with Gasteiger partial charge in [0, 0.05) is 42.6 Å². The third-order valence-electron chi connectivity index (χ3n) is 6.87. The molecule has 5 rings (SSSR count). The number of nitrogens with zero attached hydrogens (tertiary/aromatic N) is 3. The Hall–Kier alpha value is -3.66. The molecule has 0 radical (unpaired) electrons. The molecule has 0 aliphatic carbocycles. The maximum atomic E-state index is 13.4. The lowest BCUT2D eigenvalue weighted by Gasteiger charge is -2.27. The molecule has 1 N–H and O–H groups in total. The van der Waals surface area contributed by atoms with E-state index >= 15 is 0 Å². The normalized spacial score (nSPS) is 14.3. The molecule has 0 saturated carbocycles. The van der Waals surface area contributed by atoms with E-state index in [0.717, 1.165) is 33.8 Å². The van der Waals surface area contributed by atoms with E-state index in [1.54, 1.807) is 13.2 Å². The molecule has 204 valence electrons. The average Bonchev–Trinajstić information content (AvgIpc) is 3.35. The van der Waals surface area contributed by atoms with E-state index in [-0.39, 0.29) is 0 Å². The van der Waals surface area contributed by atoms with Gasteiger partial charge in [-0.25, -0.2) is 8.42 Å². The van der Waals surface area contributed by atoms with Crippen molar-refractivity contribution in [2.45, 2.75) is 31.8 Å². The molecule has 3 aromatic carbocycles. The summed E-state index contributed by atoms with van der Waals surface area (Å²) in [6.07, 6.45) is 2.05. The van der Waals surface area contributed by atoms with Crippen LogP contribution in [0.5, 0.6) is 5.75 Å². The van der Waals surface area contributed by atoms with Gasteiger partial charge < -0.3 is 14.8 Å². The van der Waals surface area contributed by atoms with Gasteiger partial charge in [0.15, 0.2) is 0 Å². The van der Waals surface area contributed by atoms with Crippen LogP contribution >= 0.6 is 0 Å². The van der Waals surface area contributed by atoms with Crippen LogP contribution in [0.1, 0.15) is 22.3 Å². The predicted molar refractivity (Wildman–Crippen MR) is 153 cm³/mol. The smallest absolute Gasteiger partial charge is 0.243 e. The summed E-state index contributed by atoms with van der Waals surface area (Å²) >= 11 is 0. The maximum absolute atomic E-state index is 13.4. The van der Waals surface area contributed by atoms with Crippen LogP contribution in [0.4, 0.5) is 5.69 Å². The largest absolute Gasteiger partial charge is 0.497 e. The summed E-state index contributed by atoms with van der Waals surface area (Å²) in [5.74, 6) is 0.760. The van der Waals surface area contributed by atoms with Crippen LogP contribution in [0.3, 0.4) is 0 Å². The van der Waals surface area contributed by atoms with Crippen LogP contribution in [0.15, 0.2) is 77.8 Å². The van der Waals surface area contributed by atoms with Crippen LogP contribution < -0.4 is 10.1 Å². The fourth-order valence-corrected chi connectivity index (χ4v) is 6.45. The summed E-state index contributed by atoms with van der Waals surface area (Å²) in [6.45, 7) is 6.58. The summed E-state index contributed by atoms with van der Waals surface area (Å²) in [5, 5.41) is 8.37. The summed E-state index contributed by atoms with van der Waals surface area (Å²) in [6, 6.07) is 21.7. The molecule has 0 bridgehead atoms. The van der Waals surface area contributed by atoms with Gasteiger partial charge in [0.2, 0.25) is 10.0 Å². The number of benzene rings is 3. The molecule has 4 aromatic rings. The van der Waals surface area contributed by atoms with Gasteiger partial charge in [-0.2, -0.15) is 9.40 Å². The third kappa shape index (κ3) is 6.16. The van der Waals surface area contributed by atoms with E-state index < -0.39 is 10.0 Å². The van der Waals surface area contributed by atoms with Crippen LogP contribution in [-0.2, 0) is 27.8 Å². The highest BCUT2D eigenvalue weighted by atomic mass is 32.2. The predicted octanol–water partition coefficient (Wildman–Crippen LogP) is 4.86. The zero-order chi connectivity index (χ0) is 27.4. The number of hydrogen-bond donors (Lipinski definition) is 1. The zero-order valence-corrected chi connectivity index (χ0v) is 23.4. The number of ether oxygens (including phenoxy) is 2. The molecule has 0 amide bonds. The second kappa shape index (κ2) is 11.6. The fourth-order valence-electron chi connectivity index (χ4n) is 4.80. The third-order valence-corrected chi connectivity index (χ3v) is 8.91. The number of aryl methyl sites for hydroxylation is 2. The summed E-state index contributed by atoms with van der Waals surface area (Å²) in [7, 11) is -1.96. The first-order valence-electron chi connectivity index (χ1n) is 13.0. The first-order valence-corrected chi connectivity index (χ1v) is 14.5. The Balaban J connectivity index is 1.43.